The van der Waals surface area contributed by atoms with Crippen molar-refractivity contribution in [2.75, 3.05) is 5.32 Å². The number of hydrogen-bond donors (Lipinski definition) is 1. The molecular weight excluding hydrogens is 210 g/mol. The minimum Gasteiger partial charge on any atom is -0.469 e. The molecule has 0 amide bonds. The van der Waals surface area contributed by atoms with Crippen molar-refractivity contribution in [3.63, 3.8) is 0 Å². The molecule has 0 aliphatic carbocycles. The Kier molecular flexibility index (Phi) is 3.86. The van der Waals surface area contributed by atoms with Gasteiger partial charge in [0.25, 0.3) is 0 Å². The smallest absolute Gasteiger partial charge is 0.103 e. The third-order valence-corrected chi connectivity index (χ3v) is 2.95. The summed E-state index contributed by atoms with van der Waals surface area (Å²) in [5, 5.41) is 3.53. The second-order valence-corrected chi connectivity index (χ2v) is 4.48. The largest absolute Gasteiger partial charge is 0.469 e. The molecule has 0 aliphatic rings. The van der Waals surface area contributed by atoms with Crippen LogP contribution in [-0.2, 0) is 6.42 Å². The number of benzene rings is 1. The van der Waals surface area contributed by atoms with Crippen LogP contribution in [0.4, 0.5) is 5.69 Å². The van der Waals surface area contributed by atoms with Crippen molar-refractivity contribution in [3.8, 4) is 0 Å². The van der Waals surface area contributed by atoms with Gasteiger partial charge < -0.3 is 9.73 Å². The first-order chi connectivity index (χ1) is 8.25. The third-order valence-electron chi connectivity index (χ3n) is 2.95. The zero-order chi connectivity index (χ0) is 12.1. The molecule has 17 heavy (non-hydrogen) atoms. The average Bonchev–Trinajstić information content (AvgIpc) is 2.82. The Labute approximate surface area is 103 Å². The molecule has 0 aliphatic heterocycles. The highest BCUT2D eigenvalue weighted by molar-refractivity contribution is 5.50. The van der Waals surface area contributed by atoms with Gasteiger partial charge in [-0.2, -0.15) is 0 Å². The Morgan fingerprint density at radius 3 is 2.71 bits per heavy atom. The fraction of sp³-hybridized carbons (Fsp3) is 0.333. The van der Waals surface area contributed by atoms with E-state index >= 15 is 0 Å². The van der Waals surface area contributed by atoms with E-state index in [0.29, 0.717) is 6.04 Å². The number of hydrogen-bond acceptors (Lipinski definition) is 2. The van der Waals surface area contributed by atoms with Gasteiger partial charge in [0.15, 0.2) is 0 Å². The van der Waals surface area contributed by atoms with Crippen LogP contribution >= 0.6 is 0 Å². The van der Waals surface area contributed by atoms with Crippen LogP contribution in [0.1, 0.15) is 24.7 Å². The lowest BCUT2D eigenvalue weighted by Gasteiger charge is -2.16. The standard InChI is InChI=1S/C15H19NO/c1-12-6-3-4-8-15(12)16-13(2)9-10-14-7-5-11-17-14/h3-8,11,13,16H,9-10H2,1-2H3. The molecule has 1 heterocycles. The monoisotopic (exact) mass is 229 g/mol. The van der Waals surface area contributed by atoms with Crippen LogP contribution in [0.25, 0.3) is 0 Å². The summed E-state index contributed by atoms with van der Waals surface area (Å²) in [4.78, 5) is 0. The number of rotatable bonds is 5. The molecule has 0 saturated carbocycles. The molecule has 0 saturated heterocycles. The number of anilines is 1. The Hall–Kier alpha value is -1.70. The lowest BCUT2D eigenvalue weighted by molar-refractivity contribution is 0.495. The molecule has 2 rings (SSSR count). The van der Waals surface area contributed by atoms with Crippen molar-refractivity contribution in [1.82, 2.24) is 0 Å². The van der Waals surface area contributed by atoms with Gasteiger partial charge in [0.05, 0.1) is 6.26 Å². The van der Waals surface area contributed by atoms with Crippen LogP contribution in [0, 0.1) is 6.92 Å². The van der Waals surface area contributed by atoms with E-state index in [1.807, 2.05) is 12.1 Å². The van der Waals surface area contributed by atoms with Gasteiger partial charge in [-0.1, -0.05) is 18.2 Å². The quantitative estimate of drug-likeness (QED) is 0.837. The molecule has 2 aromatic rings. The zero-order valence-electron chi connectivity index (χ0n) is 10.4. The van der Waals surface area contributed by atoms with Crippen LogP contribution in [-0.4, -0.2) is 6.04 Å². The molecule has 0 radical (unpaired) electrons. The Morgan fingerprint density at radius 1 is 1.18 bits per heavy atom. The fourth-order valence-electron chi connectivity index (χ4n) is 1.89. The SMILES string of the molecule is Cc1ccccc1NC(C)CCc1ccco1. The molecule has 0 fully saturated rings. The van der Waals surface area contributed by atoms with Crippen LogP contribution in [0.3, 0.4) is 0 Å². The number of aryl methyl sites for hydroxylation is 2. The Bertz CT molecular complexity index is 448. The molecule has 2 nitrogen and oxygen atoms in total. The Morgan fingerprint density at radius 2 is 2.00 bits per heavy atom. The summed E-state index contributed by atoms with van der Waals surface area (Å²) in [6, 6.07) is 12.8. The van der Waals surface area contributed by atoms with Crippen molar-refractivity contribution in [2.24, 2.45) is 0 Å². The van der Waals surface area contributed by atoms with E-state index in [0.717, 1.165) is 18.6 Å². The topological polar surface area (TPSA) is 25.2 Å². The number of furan rings is 1. The predicted octanol–water partition coefficient (Wildman–Crippen LogP) is 4.02. The van der Waals surface area contributed by atoms with Gasteiger partial charge in [-0.05, 0) is 44.0 Å². The second-order valence-electron chi connectivity index (χ2n) is 4.48. The van der Waals surface area contributed by atoms with E-state index in [1.165, 1.54) is 11.3 Å². The van der Waals surface area contributed by atoms with Gasteiger partial charge in [0.1, 0.15) is 5.76 Å². The molecule has 0 bridgehead atoms. The highest BCUT2D eigenvalue weighted by Gasteiger charge is 2.05. The summed E-state index contributed by atoms with van der Waals surface area (Å²) in [5.74, 6) is 1.06. The molecule has 1 unspecified atom stereocenters. The molecule has 2 heteroatoms. The maximum absolute atomic E-state index is 5.33. The summed E-state index contributed by atoms with van der Waals surface area (Å²) in [6.07, 6.45) is 3.78. The average molecular weight is 229 g/mol. The first kappa shape index (κ1) is 11.8. The van der Waals surface area contributed by atoms with E-state index in [4.69, 9.17) is 4.42 Å². The van der Waals surface area contributed by atoms with Gasteiger partial charge >= 0.3 is 0 Å². The molecule has 0 spiro atoms. The van der Waals surface area contributed by atoms with Crippen molar-refractivity contribution in [2.45, 2.75) is 32.7 Å². The summed E-state index contributed by atoms with van der Waals surface area (Å²) in [6.45, 7) is 4.33. The van der Waals surface area contributed by atoms with E-state index in [9.17, 15) is 0 Å². The van der Waals surface area contributed by atoms with E-state index < -0.39 is 0 Å². The third kappa shape index (κ3) is 3.38. The van der Waals surface area contributed by atoms with Crippen LogP contribution in [0.5, 0.6) is 0 Å². The van der Waals surface area contributed by atoms with Gasteiger partial charge in [0, 0.05) is 18.2 Å². The van der Waals surface area contributed by atoms with E-state index in [2.05, 4.69) is 43.4 Å². The fourth-order valence-corrected chi connectivity index (χ4v) is 1.89. The van der Waals surface area contributed by atoms with Crippen LogP contribution in [0.2, 0.25) is 0 Å². The summed E-state index contributed by atoms with van der Waals surface area (Å²) >= 11 is 0. The molecule has 1 aromatic heterocycles. The van der Waals surface area contributed by atoms with Gasteiger partial charge in [0.2, 0.25) is 0 Å². The predicted molar refractivity (Wildman–Crippen MR) is 71.3 cm³/mol. The summed E-state index contributed by atoms with van der Waals surface area (Å²) in [5.41, 5.74) is 2.51. The molecule has 1 atom stereocenters. The zero-order valence-corrected chi connectivity index (χ0v) is 10.4. The lowest BCUT2D eigenvalue weighted by Crippen LogP contribution is -2.16. The number of para-hydroxylation sites is 1. The first-order valence-electron chi connectivity index (χ1n) is 6.10. The summed E-state index contributed by atoms with van der Waals surface area (Å²) < 4.78 is 5.33. The van der Waals surface area contributed by atoms with Gasteiger partial charge in [-0.25, -0.2) is 0 Å². The van der Waals surface area contributed by atoms with E-state index in [-0.39, 0.29) is 0 Å². The van der Waals surface area contributed by atoms with Gasteiger partial charge in [-0.15, -0.1) is 0 Å². The maximum atomic E-state index is 5.33. The maximum Gasteiger partial charge on any atom is 0.103 e. The van der Waals surface area contributed by atoms with Crippen molar-refractivity contribution in [3.05, 3.63) is 54.0 Å². The normalized spacial score (nSPS) is 12.4. The highest BCUT2D eigenvalue weighted by atomic mass is 16.3. The van der Waals surface area contributed by atoms with Crippen molar-refractivity contribution < 1.29 is 4.42 Å². The molecular formula is C15H19NO. The number of nitrogens with one attached hydrogen (secondary N) is 1. The van der Waals surface area contributed by atoms with E-state index in [1.54, 1.807) is 6.26 Å². The second kappa shape index (κ2) is 5.58. The molecule has 90 valence electrons. The lowest BCUT2D eigenvalue weighted by atomic mass is 10.1. The Balaban J connectivity index is 1.85. The van der Waals surface area contributed by atoms with Crippen LogP contribution < -0.4 is 5.32 Å². The van der Waals surface area contributed by atoms with Crippen molar-refractivity contribution >= 4 is 5.69 Å². The molecule has 1 aromatic carbocycles. The summed E-state index contributed by atoms with van der Waals surface area (Å²) in [7, 11) is 0. The van der Waals surface area contributed by atoms with Gasteiger partial charge in [-0.3, -0.25) is 0 Å². The minimum atomic E-state index is 0.446. The first-order valence-corrected chi connectivity index (χ1v) is 6.10. The minimum absolute atomic E-state index is 0.446. The molecule has 1 N–H and O–H groups in total. The van der Waals surface area contributed by atoms with Crippen molar-refractivity contribution in [1.29, 1.82) is 0 Å². The highest BCUT2D eigenvalue weighted by Crippen LogP contribution is 2.16. The van der Waals surface area contributed by atoms with Crippen LogP contribution in [0.15, 0.2) is 47.1 Å².